The Bertz CT molecular complexity index is 668. The van der Waals surface area contributed by atoms with Crippen molar-refractivity contribution in [2.45, 2.75) is 26.4 Å². The Hall–Kier alpha value is -2.30. The van der Waals surface area contributed by atoms with Gasteiger partial charge in [0.15, 0.2) is 0 Å². The third-order valence-corrected chi connectivity index (χ3v) is 2.88. The Morgan fingerprint density at radius 1 is 1.11 bits per heavy atom. The van der Waals surface area contributed by atoms with Gasteiger partial charge in [-0.2, -0.15) is 0 Å². The number of nitrogens with zero attached hydrogens (tertiary/aromatic N) is 2. The summed E-state index contributed by atoms with van der Waals surface area (Å²) in [6, 6.07) is 7.86. The van der Waals surface area contributed by atoms with Gasteiger partial charge in [0.25, 0.3) is 5.56 Å². The molecule has 0 spiro atoms. The summed E-state index contributed by atoms with van der Waals surface area (Å²) in [5, 5.41) is 9.21. The fourth-order valence-corrected chi connectivity index (χ4v) is 1.90. The van der Waals surface area contributed by atoms with Gasteiger partial charge in [-0.05, 0) is 24.1 Å². The highest BCUT2D eigenvalue weighted by Gasteiger charge is 2.05. The summed E-state index contributed by atoms with van der Waals surface area (Å²) in [4.78, 5) is 23.9. The second-order valence-electron chi connectivity index (χ2n) is 4.38. The number of aryl methyl sites for hydroxylation is 1. The highest BCUT2D eigenvalue weighted by Crippen LogP contribution is 2.09. The van der Waals surface area contributed by atoms with Crippen LogP contribution in [0.2, 0.25) is 0 Å². The first-order valence-electron chi connectivity index (χ1n) is 6.20. The van der Waals surface area contributed by atoms with E-state index in [0.29, 0.717) is 6.54 Å². The lowest BCUT2D eigenvalue weighted by atomic mass is 10.2. The zero-order valence-electron chi connectivity index (χ0n) is 10.7. The highest BCUT2D eigenvalue weighted by atomic mass is 16.3. The molecule has 0 aliphatic heterocycles. The van der Waals surface area contributed by atoms with Gasteiger partial charge in [-0.25, -0.2) is 4.79 Å². The Morgan fingerprint density at radius 3 is 2.42 bits per heavy atom. The van der Waals surface area contributed by atoms with Crippen LogP contribution in [0, 0.1) is 0 Å². The molecular weight excluding hydrogens is 244 g/mol. The van der Waals surface area contributed by atoms with E-state index in [1.54, 1.807) is 12.1 Å². The van der Waals surface area contributed by atoms with Crippen molar-refractivity contribution in [3.8, 4) is 5.75 Å². The molecule has 0 bridgehead atoms. The van der Waals surface area contributed by atoms with Crippen LogP contribution in [0.25, 0.3) is 0 Å². The molecule has 1 N–H and O–H groups in total. The van der Waals surface area contributed by atoms with Crippen molar-refractivity contribution in [2.24, 2.45) is 0 Å². The number of aromatic hydroxyl groups is 1. The summed E-state index contributed by atoms with van der Waals surface area (Å²) in [7, 11) is 0. The van der Waals surface area contributed by atoms with Gasteiger partial charge in [0.05, 0.1) is 6.54 Å². The van der Waals surface area contributed by atoms with Crippen LogP contribution >= 0.6 is 0 Å². The summed E-state index contributed by atoms with van der Waals surface area (Å²) in [5.74, 6) is 0.160. The van der Waals surface area contributed by atoms with Crippen LogP contribution in [0.15, 0.2) is 46.1 Å². The molecule has 0 saturated carbocycles. The Balaban J connectivity index is 2.39. The first kappa shape index (κ1) is 13.1. The molecule has 0 unspecified atom stereocenters. The average molecular weight is 260 g/mol. The molecule has 2 aromatic rings. The SMILES string of the molecule is CCCn1ccc(=O)n(Cc2ccc(O)cc2)c1=O. The lowest BCUT2D eigenvalue weighted by Crippen LogP contribution is -2.39. The molecule has 5 nitrogen and oxygen atoms in total. The van der Waals surface area contributed by atoms with Gasteiger partial charge in [0, 0.05) is 18.8 Å². The van der Waals surface area contributed by atoms with Crippen molar-refractivity contribution < 1.29 is 5.11 Å². The van der Waals surface area contributed by atoms with E-state index < -0.39 is 0 Å². The van der Waals surface area contributed by atoms with Crippen LogP contribution in [0.3, 0.4) is 0 Å². The van der Waals surface area contributed by atoms with Gasteiger partial charge in [0.2, 0.25) is 0 Å². The van der Waals surface area contributed by atoms with Crippen LogP contribution in [-0.4, -0.2) is 14.2 Å². The molecule has 1 aromatic carbocycles. The van der Waals surface area contributed by atoms with Crippen LogP contribution in [0.1, 0.15) is 18.9 Å². The minimum atomic E-state index is -0.314. The van der Waals surface area contributed by atoms with Gasteiger partial charge < -0.3 is 9.67 Å². The summed E-state index contributed by atoms with van der Waals surface area (Å²) >= 11 is 0. The fraction of sp³-hybridized carbons (Fsp3) is 0.286. The van der Waals surface area contributed by atoms with E-state index in [9.17, 15) is 14.7 Å². The zero-order valence-corrected chi connectivity index (χ0v) is 10.7. The summed E-state index contributed by atoms with van der Waals surface area (Å²) in [6.45, 7) is 2.78. The Labute approximate surface area is 110 Å². The standard InChI is InChI=1S/C14H16N2O3/c1-2-8-15-9-7-13(18)16(14(15)19)10-11-3-5-12(17)6-4-11/h3-7,9,17H,2,8,10H2,1H3. The van der Waals surface area contributed by atoms with Gasteiger partial charge in [-0.3, -0.25) is 9.36 Å². The summed E-state index contributed by atoms with van der Waals surface area (Å²) < 4.78 is 2.73. The number of rotatable bonds is 4. The molecule has 5 heteroatoms. The van der Waals surface area contributed by atoms with Crippen molar-refractivity contribution in [3.05, 3.63) is 62.9 Å². The number of hydrogen-bond acceptors (Lipinski definition) is 3. The van der Waals surface area contributed by atoms with E-state index in [2.05, 4.69) is 0 Å². The normalized spacial score (nSPS) is 10.6. The third-order valence-electron chi connectivity index (χ3n) is 2.88. The lowest BCUT2D eigenvalue weighted by molar-refractivity contribution is 0.475. The number of aromatic nitrogens is 2. The zero-order chi connectivity index (χ0) is 13.8. The molecule has 1 aromatic heterocycles. The quantitative estimate of drug-likeness (QED) is 0.897. The van der Waals surface area contributed by atoms with Gasteiger partial charge >= 0.3 is 5.69 Å². The predicted octanol–water partition coefficient (Wildman–Crippen LogP) is 1.17. The molecule has 0 atom stereocenters. The molecule has 19 heavy (non-hydrogen) atoms. The first-order valence-corrected chi connectivity index (χ1v) is 6.20. The Kier molecular flexibility index (Phi) is 3.85. The predicted molar refractivity (Wildman–Crippen MR) is 72.5 cm³/mol. The average Bonchev–Trinajstić information content (AvgIpc) is 2.40. The van der Waals surface area contributed by atoms with Crippen LogP contribution in [0.5, 0.6) is 5.75 Å². The van der Waals surface area contributed by atoms with Crippen molar-refractivity contribution in [3.63, 3.8) is 0 Å². The van der Waals surface area contributed by atoms with Crippen molar-refractivity contribution >= 4 is 0 Å². The van der Waals surface area contributed by atoms with Crippen molar-refractivity contribution in [1.29, 1.82) is 0 Å². The number of benzene rings is 1. The number of phenolic OH excluding ortho intramolecular Hbond substituents is 1. The molecule has 100 valence electrons. The molecular formula is C14H16N2O3. The second-order valence-corrected chi connectivity index (χ2v) is 4.38. The van der Waals surface area contributed by atoms with Crippen LogP contribution in [0.4, 0.5) is 0 Å². The van der Waals surface area contributed by atoms with Crippen LogP contribution < -0.4 is 11.2 Å². The molecule has 0 radical (unpaired) electrons. The molecule has 0 fully saturated rings. The maximum absolute atomic E-state index is 12.1. The minimum absolute atomic E-state index is 0.160. The summed E-state index contributed by atoms with van der Waals surface area (Å²) in [6.07, 6.45) is 2.36. The first-order chi connectivity index (χ1) is 9.11. The molecule has 0 saturated heterocycles. The topological polar surface area (TPSA) is 64.2 Å². The number of hydrogen-bond donors (Lipinski definition) is 1. The molecule has 0 aliphatic carbocycles. The van der Waals surface area contributed by atoms with E-state index in [0.717, 1.165) is 12.0 Å². The highest BCUT2D eigenvalue weighted by molar-refractivity contribution is 5.26. The van der Waals surface area contributed by atoms with Gasteiger partial charge in [-0.15, -0.1) is 0 Å². The fourth-order valence-electron chi connectivity index (χ4n) is 1.90. The second kappa shape index (κ2) is 5.56. The van der Waals surface area contributed by atoms with Gasteiger partial charge in [-0.1, -0.05) is 19.1 Å². The van der Waals surface area contributed by atoms with E-state index >= 15 is 0 Å². The minimum Gasteiger partial charge on any atom is -0.508 e. The van der Waals surface area contributed by atoms with E-state index in [1.165, 1.54) is 33.5 Å². The number of phenols is 1. The van der Waals surface area contributed by atoms with E-state index in [-0.39, 0.29) is 23.5 Å². The maximum Gasteiger partial charge on any atom is 0.331 e. The van der Waals surface area contributed by atoms with Crippen molar-refractivity contribution in [2.75, 3.05) is 0 Å². The smallest absolute Gasteiger partial charge is 0.331 e. The van der Waals surface area contributed by atoms with Crippen LogP contribution in [-0.2, 0) is 13.1 Å². The van der Waals surface area contributed by atoms with E-state index in [1.807, 2.05) is 6.92 Å². The molecule has 0 amide bonds. The third kappa shape index (κ3) is 2.93. The van der Waals surface area contributed by atoms with Crippen molar-refractivity contribution in [1.82, 2.24) is 9.13 Å². The Morgan fingerprint density at radius 2 is 1.79 bits per heavy atom. The van der Waals surface area contributed by atoms with E-state index in [4.69, 9.17) is 0 Å². The molecule has 2 rings (SSSR count). The summed E-state index contributed by atoms with van der Waals surface area (Å²) in [5.41, 5.74) is 0.180. The van der Waals surface area contributed by atoms with Gasteiger partial charge in [0.1, 0.15) is 5.75 Å². The molecule has 1 heterocycles. The largest absolute Gasteiger partial charge is 0.508 e. The monoisotopic (exact) mass is 260 g/mol. The lowest BCUT2D eigenvalue weighted by Gasteiger charge is -2.09. The molecule has 0 aliphatic rings. The maximum atomic E-state index is 12.1.